The van der Waals surface area contributed by atoms with Crippen molar-refractivity contribution >= 4 is 19.8 Å². The second kappa shape index (κ2) is 35.7. The van der Waals surface area contributed by atoms with Crippen LogP contribution >= 0.6 is 7.82 Å². The van der Waals surface area contributed by atoms with E-state index in [9.17, 15) is 19.0 Å². The van der Waals surface area contributed by atoms with Gasteiger partial charge < -0.3 is 18.9 Å². The highest BCUT2D eigenvalue weighted by Gasteiger charge is 2.27. The van der Waals surface area contributed by atoms with Crippen molar-refractivity contribution in [3.05, 3.63) is 0 Å². The number of quaternary nitrogens is 1. The van der Waals surface area contributed by atoms with E-state index in [1.807, 2.05) is 28.1 Å². The summed E-state index contributed by atoms with van der Waals surface area (Å²) in [4.78, 5) is 34.3. The first-order valence-corrected chi connectivity index (χ1v) is 23.3. The number of hydrogen-bond donors (Lipinski definition) is 1. The molecule has 52 heavy (non-hydrogen) atoms. The molecule has 0 aromatic rings. The lowest BCUT2D eigenvalue weighted by Crippen LogP contribution is -2.37. The maximum absolute atomic E-state index is 12.3. The molecule has 2 atom stereocenters. The number of esters is 2. The second-order valence-electron chi connectivity index (χ2n) is 16.1. The Bertz CT molecular complexity index is 865. The van der Waals surface area contributed by atoms with Gasteiger partial charge in [-0.2, -0.15) is 0 Å². The van der Waals surface area contributed by atoms with Crippen molar-refractivity contribution < 1.29 is 42.1 Å². The topological polar surface area (TPSA) is 108 Å². The van der Waals surface area contributed by atoms with E-state index < -0.39 is 26.5 Å². The molecule has 0 aliphatic rings. The van der Waals surface area contributed by atoms with Crippen LogP contribution in [0, 0.1) is 0 Å². The summed E-state index contributed by atoms with van der Waals surface area (Å²) in [5.74, 6) is -0.848. The molecule has 0 bridgehead atoms. The average molecular weight is 763 g/mol. The first-order chi connectivity index (χ1) is 25.0. The molecular formula is C42H85NO8P+. The molecule has 1 unspecified atom stereocenters. The summed E-state index contributed by atoms with van der Waals surface area (Å²) < 4.78 is 33.5. The molecule has 0 saturated carbocycles. The lowest BCUT2D eigenvalue weighted by Gasteiger charge is -2.24. The SMILES string of the molecule is CCCCCCCCCCCCCCCCCCCCCCCCCCCCCC(=O)OC[C@H](COP(=O)(O)OCC[N+](C)(C)C)OC(=O)CCC. The molecule has 1 N–H and O–H groups in total. The molecule has 0 saturated heterocycles. The van der Waals surface area contributed by atoms with Crippen molar-refractivity contribution in [1.82, 2.24) is 0 Å². The van der Waals surface area contributed by atoms with Gasteiger partial charge in [-0.1, -0.05) is 181 Å². The van der Waals surface area contributed by atoms with E-state index in [2.05, 4.69) is 6.92 Å². The number of carbonyl (C=O) groups is 2. The van der Waals surface area contributed by atoms with Crippen molar-refractivity contribution in [3.8, 4) is 0 Å². The summed E-state index contributed by atoms with van der Waals surface area (Å²) in [6, 6.07) is 0. The van der Waals surface area contributed by atoms with Gasteiger partial charge in [0.2, 0.25) is 0 Å². The van der Waals surface area contributed by atoms with Crippen molar-refractivity contribution in [3.63, 3.8) is 0 Å². The van der Waals surface area contributed by atoms with E-state index >= 15 is 0 Å². The first-order valence-electron chi connectivity index (χ1n) is 21.8. The standard InChI is InChI=1S/C42H84NO8P/c1-6-8-9-10-11-12-13-14-15-16-17-18-19-20-21-22-23-24-25-26-27-28-29-30-31-32-33-35-41(44)48-38-40(51-42(45)34-7-2)39-50-52(46,47)49-37-36-43(3,4)5/h40H,6-39H2,1-5H3/p+1/t40-/m1/s1. The van der Waals surface area contributed by atoms with Crippen molar-refractivity contribution in [2.45, 2.75) is 213 Å². The van der Waals surface area contributed by atoms with E-state index in [-0.39, 0.29) is 25.6 Å². The Balaban J connectivity index is 3.68. The fraction of sp³-hybridized carbons (Fsp3) is 0.952. The molecule has 10 heteroatoms. The number of nitrogens with zero attached hydrogens (tertiary/aromatic N) is 1. The third-order valence-corrected chi connectivity index (χ3v) is 10.6. The van der Waals surface area contributed by atoms with Gasteiger partial charge in [0.25, 0.3) is 0 Å². The highest BCUT2D eigenvalue weighted by Crippen LogP contribution is 2.43. The monoisotopic (exact) mass is 763 g/mol. The fourth-order valence-electron chi connectivity index (χ4n) is 6.23. The van der Waals surface area contributed by atoms with E-state index in [4.69, 9.17) is 18.5 Å². The molecule has 0 rings (SSSR count). The minimum Gasteiger partial charge on any atom is -0.462 e. The summed E-state index contributed by atoms with van der Waals surface area (Å²) >= 11 is 0. The number of rotatable bonds is 40. The first kappa shape index (κ1) is 51.0. The van der Waals surface area contributed by atoms with Gasteiger partial charge in [0.05, 0.1) is 27.7 Å². The lowest BCUT2D eigenvalue weighted by molar-refractivity contribution is -0.870. The number of phosphoric acid groups is 1. The van der Waals surface area contributed by atoms with Gasteiger partial charge >= 0.3 is 19.8 Å². The van der Waals surface area contributed by atoms with Crippen LogP contribution in [0.15, 0.2) is 0 Å². The van der Waals surface area contributed by atoms with Crippen LogP contribution in [0.25, 0.3) is 0 Å². The summed E-state index contributed by atoms with van der Waals surface area (Å²) in [5.41, 5.74) is 0. The number of ether oxygens (including phenoxy) is 2. The molecule has 0 aromatic heterocycles. The predicted octanol–water partition coefficient (Wildman–Crippen LogP) is 12.0. The second-order valence-corrected chi connectivity index (χ2v) is 17.6. The predicted molar refractivity (Wildman–Crippen MR) is 215 cm³/mol. The Morgan fingerprint density at radius 2 is 0.904 bits per heavy atom. The van der Waals surface area contributed by atoms with Gasteiger partial charge in [-0.25, -0.2) is 4.57 Å². The number of unbranched alkanes of at least 4 members (excludes halogenated alkanes) is 26. The van der Waals surface area contributed by atoms with Gasteiger partial charge in [-0.05, 0) is 12.8 Å². The maximum Gasteiger partial charge on any atom is 0.472 e. The van der Waals surface area contributed by atoms with Crippen LogP contribution in [0.4, 0.5) is 0 Å². The minimum absolute atomic E-state index is 0.0339. The van der Waals surface area contributed by atoms with Gasteiger partial charge in [0, 0.05) is 12.8 Å². The third-order valence-electron chi connectivity index (χ3n) is 9.61. The highest BCUT2D eigenvalue weighted by atomic mass is 31.2. The Labute approximate surface area is 321 Å². The number of hydrogen-bond acceptors (Lipinski definition) is 7. The number of phosphoric ester groups is 1. The Kier molecular flexibility index (Phi) is 35.0. The lowest BCUT2D eigenvalue weighted by atomic mass is 10.0. The molecular weight excluding hydrogens is 677 g/mol. The molecule has 0 aliphatic carbocycles. The van der Waals surface area contributed by atoms with E-state index in [0.717, 1.165) is 19.3 Å². The Morgan fingerprint density at radius 1 is 0.519 bits per heavy atom. The average Bonchev–Trinajstić information content (AvgIpc) is 3.08. The van der Waals surface area contributed by atoms with Crippen molar-refractivity contribution in [2.75, 3.05) is 47.5 Å². The van der Waals surface area contributed by atoms with E-state index in [0.29, 0.717) is 23.9 Å². The minimum atomic E-state index is -4.34. The van der Waals surface area contributed by atoms with Crippen molar-refractivity contribution in [2.24, 2.45) is 0 Å². The Hall–Kier alpha value is -0.990. The van der Waals surface area contributed by atoms with Crippen LogP contribution in [-0.2, 0) is 32.7 Å². The summed E-state index contributed by atoms with van der Waals surface area (Å²) in [6.07, 6.45) is 36.4. The fourth-order valence-corrected chi connectivity index (χ4v) is 6.97. The normalized spacial score (nSPS) is 13.6. The third kappa shape index (κ3) is 38.7. The molecule has 0 amide bonds. The molecule has 0 radical (unpaired) electrons. The van der Waals surface area contributed by atoms with Crippen LogP contribution in [-0.4, -0.2) is 74.9 Å². The summed E-state index contributed by atoms with van der Waals surface area (Å²) in [7, 11) is 1.48. The zero-order chi connectivity index (χ0) is 38.6. The molecule has 0 aliphatic heterocycles. The van der Waals surface area contributed by atoms with Crippen LogP contribution in [0.5, 0.6) is 0 Å². The maximum atomic E-state index is 12.3. The van der Waals surface area contributed by atoms with Crippen LogP contribution in [0.3, 0.4) is 0 Å². The van der Waals surface area contributed by atoms with Crippen LogP contribution in [0.2, 0.25) is 0 Å². The smallest absolute Gasteiger partial charge is 0.462 e. The van der Waals surface area contributed by atoms with Gasteiger partial charge in [-0.3, -0.25) is 18.6 Å². The molecule has 0 heterocycles. The van der Waals surface area contributed by atoms with E-state index in [1.54, 1.807) is 0 Å². The van der Waals surface area contributed by atoms with Gasteiger partial charge in [0.1, 0.15) is 19.8 Å². The largest absolute Gasteiger partial charge is 0.472 e. The number of likely N-dealkylation sites (N-methyl/N-ethyl adjacent to an activating group) is 1. The zero-order valence-corrected chi connectivity index (χ0v) is 35.7. The highest BCUT2D eigenvalue weighted by molar-refractivity contribution is 7.47. The quantitative estimate of drug-likeness (QED) is 0.0284. The number of carbonyl (C=O) groups excluding carboxylic acids is 2. The molecule has 0 spiro atoms. The molecule has 9 nitrogen and oxygen atoms in total. The van der Waals surface area contributed by atoms with Crippen molar-refractivity contribution in [1.29, 1.82) is 0 Å². The molecule has 310 valence electrons. The molecule has 0 aromatic carbocycles. The molecule has 0 fully saturated rings. The Morgan fingerprint density at radius 3 is 1.27 bits per heavy atom. The van der Waals surface area contributed by atoms with E-state index in [1.165, 1.54) is 154 Å². The van der Waals surface area contributed by atoms with Crippen LogP contribution in [0.1, 0.15) is 206 Å². The van der Waals surface area contributed by atoms with Crippen LogP contribution < -0.4 is 0 Å². The summed E-state index contributed by atoms with van der Waals surface area (Å²) in [6.45, 7) is 4.05. The van der Waals surface area contributed by atoms with Gasteiger partial charge in [-0.15, -0.1) is 0 Å². The zero-order valence-electron chi connectivity index (χ0n) is 34.8. The van der Waals surface area contributed by atoms with Gasteiger partial charge in [0.15, 0.2) is 6.10 Å². The summed E-state index contributed by atoms with van der Waals surface area (Å²) in [5, 5.41) is 0.